The van der Waals surface area contributed by atoms with Gasteiger partial charge in [-0.25, -0.2) is 4.98 Å². The number of amides is 1. The van der Waals surface area contributed by atoms with Gasteiger partial charge in [-0.1, -0.05) is 17.7 Å². The topological polar surface area (TPSA) is 50.2 Å². The average molecular weight is 298 g/mol. The fourth-order valence-electron chi connectivity index (χ4n) is 2.85. The van der Waals surface area contributed by atoms with Crippen LogP contribution in [0.5, 0.6) is 0 Å². The van der Waals surface area contributed by atoms with Crippen molar-refractivity contribution in [2.24, 2.45) is 13.0 Å². The maximum Gasteiger partial charge on any atom is 0.271 e. The van der Waals surface area contributed by atoms with Gasteiger partial charge in [0.15, 0.2) is 0 Å². The number of rotatable bonds is 4. The van der Waals surface area contributed by atoms with Crippen molar-refractivity contribution in [1.29, 1.82) is 0 Å². The summed E-state index contributed by atoms with van der Waals surface area (Å²) in [6.45, 7) is 4.85. The van der Waals surface area contributed by atoms with E-state index in [9.17, 15) is 4.79 Å². The van der Waals surface area contributed by atoms with Gasteiger partial charge in [-0.3, -0.25) is 4.79 Å². The summed E-state index contributed by atoms with van der Waals surface area (Å²) in [5, 5.41) is 2.99. The van der Waals surface area contributed by atoms with Crippen LogP contribution >= 0.6 is 0 Å². The molecule has 5 nitrogen and oxygen atoms in total. The van der Waals surface area contributed by atoms with Gasteiger partial charge in [0.1, 0.15) is 5.69 Å². The molecular formula is C17H22N4O. The lowest BCUT2D eigenvalue weighted by Gasteiger charge is -2.19. The van der Waals surface area contributed by atoms with Crippen LogP contribution in [0, 0.1) is 12.8 Å². The summed E-state index contributed by atoms with van der Waals surface area (Å²) >= 11 is 0. The van der Waals surface area contributed by atoms with Crippen LogP contribution in [0.15, 0.2) is 36.8 Å². The maximum atomic E-state index is 12.0. The zero-order chi connectivity index (χ0) is 15.5. The summed E-state index contributed by atoms with van der Waals surface area (Å²) in [5.41, 5.74) is 3.03. The molecule has 1 amide bonds. The predicted octanol–water partition coefficient (Wildman–Crippen LogP) is 1.98. The van der Waals surface area contributed by atoms with Crippen molar-refractivity contribution in [2.45, 2.75) is 13.3 Å². The van der Waals surface area contributed by atoms with E-state index in [1.807, 2.05) is 7.05 Å². The number of nitrogens with one attached hydrogen (secondary N) is 1. The molecule has 1 saturated heterocycles. The molecule has 3 rings (SSSR count). The fourth-order valence-corrected chi connectivity index (χ4v) is 2.85. The Morgan fingerprint density at radius 3 is 2.82 bits per heavy atom. The van der Waals surface area contributed by atoms with Gasteiger partial charge in [-0.2, -0.15) is 0 Å². The third-order valence-corrected chi connectivity index (χ3v) is 4.17. The maximum absolute atomic E-state index is 12.0. The summed E-state index contributed by atoms with van der Waals surface area (Å²) in [6.07, 6.45) is 4.49. The Labute approximate surface area is 131 Å². The van der Waals surface area contributed by atoms with E-state index in [1.54, 1.807) is 17.1 Å². The van der Waals surface area contributed by atoms with Crippen LogP contribution in [0.4, 0.5) is 5.69 Å². The average Bonchev–Trinajstić information content (AvgIpc) is 3.15. The van der Waals surface area contributed by atoms with E-state index in [1.165, 1.54) is 11.3 Å². The van der Waals surface area contributed by atoms with Crippen LogP contribution in [0.3, 0.4) is 0 Å². The molecule has 0 aliphatic carbocycles. The van der Waals surface area contributed by atoms with E-state index < -0.39 is 0 Å². The molecule has 5 heteroatoms. The third kappa shape index (κ3) is 3.30. The number of nitrogens with zero attached hydrogens (tertiary/aromatic N) is 3. The highest BCUT2D eigenvalue weighted by atomic mass is 16.1. The standard InChI is InChI=1S/C17H22N4O/c1-13-3-5-15(6-4-13)21-8-7-14(10-21)9-18-17(22)16-11-20(2)12-19-16/h3-6,11-12,14H,7-10H2,1-2H3,(H,18,22). The van der Waals surface area contributed by atoms with E-state index in [2.05, 4.69) is 46.4 Å². The molecule has 0 spiro atoms. The highest BCUT2D eigenvalue weighted by Crippen LogP contribution is 2.23. The molecule has 1 aliphatic heterocycles. The van der Waals surface area contributed by atoms with Gasteiger partial charge >= 0.3 is 0 Å². The lowest BCUT2D eigenvalue weighted by Crippen LogP contribution is -2.31. The molecule has 2 heterocycles. The lowest BCUT2D eigenvalue weighted by atomic mass is 10.1. The van der Waals surface area contributed by atoms with Crippen molar-refractivity contribution in [3.05, 3.63) is 48.0 Å². The first-order chi connectivity index (χ1) is 10.6. The van der Waals surface area contributed by atoms with Crippen molar-refractivity contribution < 1.29 is 4.79 Å². The Bertz CT molecular complexity index is 647. The van der Waals surface area contributed by atoms with E-state index >= 15 is 0 Å². The number of carbonyl (C=O) groups is 1. The molecule has 0 radical (unpaired) electrons. The third-order valence-electron chi connectivity index (χ3n) is 4.17. The number of carbonyl (C=O) groups excluding carboxylic acids is 1. The molecule has 1 fully saturated rings. The number of aryl methyl sites for hydroxylation is 2. The van der Waals surface area contributed by atoms with Gasteiger partial charge in [0, 0.05) is 38.6 Å². The van der Waals surface area contributed by atoms with Crippen molar-refractivity contribution >= 4 is 11.6 Å². The Hall–Kier alpha value is -2.30. The van der Waals surface area contributed by atoms with Gasteiger partial charge in [0.2, 0.25) is 0 Å². The van der Waals surface area contributed by atoms with Gasteiger partial charge in [-0.15, -0.1) is 0 Å². The first kappa shape index (κ1) is 14.6. The van der Waals surface area contributed by atoms with E-state index in [0.717, 1.165) is 19.5 Å². The Kier molecular flexibility index (Phi) is 4.13. The second kappa shape index (κ2) is 6.22. The Morgan fingerprint density at radius 1 is 1.36 bits per heavy atom. The molecule has 1 unspecified atom stereocenters. The van der Waals surface area contributed by atoms with E-state index in [0.29, 0.717) is 18.2 Å². The van der Waals surface area contributed by atoms with E-state index in [-0.39, 0.29) is 5.91 Å². The Morgan fingerprint density at radius 2 is 2.14 bits per heavy atom. The zero-order valence-electron chi connectivity index (χ0n) is 13.1. The molecule has 1 aromatic heterocycles. The van der Waals surface area contributed by atoms with Gasteiger partial charge in [0.05, 0.1) is 6.33 Å². The summed E-state index contributed by atoms with van der Waals surface area (Å²) < 4.78 is 1.78. The van der Waals surface area contributed by atoms with E-state index in [4.69, 9.17) is 0 Å². The minimum Gasteiger partial charge on any atom is -0.371 e. The number of aromatic nitrogens is 2. The normalized spacial score (nSPS) is 17.7. The number of benzene rings is 1. The number of imidazole rings is 1. The summed E-state index contributed by atoms with van der Waals surface area (Å²) in [5.74, 6) is 0.406. The van der Waals surface area contributed by atoms with Gasteiger partial charge in [-0.05, 0) is 31.4 Å². The summed E-state index contributed by atoms with van der Waals surface area (Å²) in [4.78, 5) is 18.5. The molecule has 1 atom stereocenters. The first-order valence-electron chi connectivity index (χ1n) is 7.69. The van der Waals surface area contributed by atoms with Crippen molar-refractivity contribution in [3.63, 3.8) is 0 Å². The monoisotopic (exact) mass is 298 g/mol. The highest BCUT2D eigenvalue weighted by molar-refractivity contribution is 5.92. The quantitative estimate of drug-likeness (QED) is 0.939. The fraction of sp³-hybridized carbons (Fsp3) is 0.412. The Balaban J connectivity index is 1.51. The molecule has 0 saturated carbocycles. The summed E-state index contributed by atoms with van der Waals surface area (Å²) in [6, 6.07) is 8.63. The number of anilines is 1. The van der Waals surface area contributed by atoms with Crippen molar-refractivity contribution in [1.82, 2.24) is 14.9 Å². The van der Waals surface area contributed by atoms with Crippen molar-refractivity contribution in [3.8, 4) is 0 Å². The van der Waals surface area contributed by atoms with Crippen molar-refractivity contribution in [2.75, 3.05) is 24.5 Å². The van der Waals surface area contributed by atoms with Gasteiger partial charge in [0.25, 0.3) is 5.91 Å². The predicted molar refractivity (Wildman–Crippen MR) is 87.0 cm³/mol. The molecule has 2 aromatic rings. The minimum absolute atomic E-state index is 0.0885. The first-order valence-corrected chi connectivity index (χ1v) is 7.69. The molecule has 1 aromatic carbocycles. The highest BCUT2D eigenvalue weighted by Gasteiger charge is 2.23. The largest absolute Gasteiger partial charge is 0.371 e. The molecule has 22 heavy (non-hydrogen) atoms. The number of hydrogen-bond donors (Lipinski definition) is 1. The van der Waals surface area contributed by atoms with Crippen LogP contribution < -0.4 is 10.2 Å². The minimum atomic E-state index is -0.0885. The van der Waals surface area contributed by atoms with Crippen LogP contribution in [0.2, 0.25) is 0 Å². The SMILES string of the molecule is Cc1ccc(N2CCC(CNC(=O)c3cn(C)cn3)C2)cc1. The lowest BCUT2D eigenvalue weighted by molar-refractivity contribution is 0.0943. The molecule has 116 valence electrons. The smallest absolute Gasteiger partial charge is 0.271 e. The molecular weight excluding hydrogens is 276 g/mol. The van der Waals surface area contributed by atoms with Crippen LogP contribution in [0.25, 0.3) is 0 Å². The van der Waals surface area contributed by atoms with Crippen LogP contribution in [0.1, 0.15) is 22.5 Å². The second-order valence-electron chi connectivity index (χ2n) is 6.07. The summed E-state index contributed by atoms with van der Waals surface area (Å²) in [7, 11) is 1.86. The molecule has 1 aliphatic rings. The van der Waals surface area contributed by atoms with Crippen LogP contribution in [-0.4, -0.2) is 35.1 Å². The molecule has 1 N–H and O–H groups in total. The van der Waals surface area contributed by atoms with Crippen LogP contribution in [-0.2, 0) is 7.05 Å². The zero-order valence-corrected chi connectivity index (χ0v) is 13.1. The second-order valence-corrected chi connectivity index (χ2v) is 6.07. The molecule has 0 bridgehead atoms. The number of hydrogen-bond acceptors (Lipinski definition) is 3. The van der Waals surface area contributed by atoms with Gasteiger partial charge < -0.3 is 14.8 Å².